The van der Waals surface area contributed by atoms with Gasteiger partial charge in [0.1, 0.15) is 11.1 Å². The van der Waals surface area contributed by atoms with Gasteiger partial charge in [-0.3, -0.25) is 9.69 Å². The van der Waals surface area contributed by atoms with Crippen molar-refractivity contribution in [3.8, 4) is 6.07 Å². The highest BCUT2D eigenvalue weighted by Gasteiger charge is 2.10. The van der Waals surface area contributed by atoms with Gasteiger partial charge in [-0.15, -0.1) is 11.3 Å². The topological polar surface area (TPSA) is 56.1 Å². The first-order valence-electron chi connectivity index (χ1n) is 5.63. The van der Waals surface area contributed by atoms with E-state index in [0.29, 0.717) is 17.1 Å². The minimum absolute atomic E-state index is 0.0671. The second-order valence-electron chi connectivity index (χ2n) is 3.91. The summed E-state index contributed by atoms with van der Waals surface area (Å²) in [7, 11) is 1.93. The van der Waals surface area contributed by atoms with E-state index in [1.807, 2.05) is 11.9 Å². The molecule has 0 aliphatic heterocycles. The third-order valence-electron chi connectivity index (χ3n) is 2.35. The third-order valence-corrected chi connectivity index (χ3v) is 3.18. The molecule has 0 aromatic carbocycles. The molecule has 92 valence electrons. The zero-order valence-electron chi connectivity index (χ0n) is 10.2. The number of unbranched alkanes of at least 4 members (excludes halogenated alkanes) is 1. The monoisotopic (exact) mass is 251 g/mol. The molecule has 0 saturated carbocycles. The van der Waals surface area contributed by atoms with Gasteiger partial charge in [0.05, 0.1) is 12.1 Å². The fraction of sp³-hybridized carbons (Fsp3) is 0.500. The molecular formula is C12H17N3OS. The van der Waals surface area contributed by atoms with Gasteiger partial charge in [0.15, 0.2) is 0 Å². The largest absolute Gasteiger partial charge is 0.315 e. The molecule has 0 bridgehead atoms. The van der Waals surface area contributed by atoms with Crippen LogP contribution in [0.15, 0.2) is 11.4 Å². The first-order valence-corrected chi connectivity index (χ1v) is 6.51. The molecule has 17 heavy (non-hydrogen) atoms. The van der Waals surface area contributed by atoms with Crippen molar-refractivity contribution in [1.29, 1.82) is 5.26 Å². The van der Waals surface area contributed by atoms with Crippen LogP contribution in [0, 0.1) is 11.3 Å². The van der Waals surface area contributed by atoms with Gasteiger partial charge in [-0.05, 0) is 31.5 Å². The minimum Gasteiger partial charge on any atom is -0.315 e. The maximum absolute atomic E-state index is 11.7. The third kappa shape index (κ3) is 4.55. The fourth-order valence-electron chi connectivity index (χ4n) is 1.41. The molecule has 0 atom stereocenters. The smallest absolute Gasteiger partial charge is 0.239 e. The predicted octanol–water partition coefficient (Wildman–Crippen LogP) is 2.29. The highest BCUT2D eigenvalue weighted by atomic mass is 32.1. The second kappa shape index (κ2) is 7.05. The number of nitrogens with one attached hydrogen (secondary N) is 1. The first kappa shape index (κ1) is 13.7. The number of rotatable bonds is 6. The van der Waals surface area contributed by atoms with Crippen LogP contribution in [0.3, 0.4) is 0 Å². The van der Waals surface area contributed by atoms with Crippen LogP contribution < -0.4 is 5.32 Å². The lowest BCUT2D eigenvalue weighted by molar-refractivity contribution is -0.117. The highest BCUT2D eigenvalue weighted by Crippen LogP contribution is 2.21. The van der Waals surface area contributed by atoms with Crippen molar-refractivity contribution in [3.05, 3.63) is 17.0 Å². The molecule has 0 fully saturated rings. The molecule has 1 aromatic heterocycles. The van der Waals surface area contributed by atoms with E-state index in [9.17, 15) is 4.79 Å². The Labute approximate surface area is 106 Å². The van der Waals surface area contributed by atoms with Crippen LogP contribution in [0.2, 0.25) is 0 Å². The number of carbonyl (C=O) groups excluding carboxylic acids is 1. The van der Waals surface area contributed by atoms with Gasteiger partial charge in [0, 0.05) is 0 Å². The summed E-state index contributed by atoms with van der Waals surface area (Å²) in [5, 5.41) is 14.0. The average molecular weight is 251 g/mol. The summed E-state index contributed by atoms with van der Waals surface area (Å²) in [6.45, 7) is 3.40. The van der Waals surface area contributed by atoms with Crippen molar-refractivity contribution in [2.24, 2.45) is 0 Å². The van der Waals surface area contributed by atoms with Gasteiger partial charge in [0.25, 0.3) is 0 Å². The zero-order chi connectivity index (χ0) is 12.7. The predicted molar refractivity (Wildman–Crippen MR) is 70.1 cm³/mol. The van der Waals surface area contributed by atoms with Crippen LogP contribution >= 0.6 is 11.3 Å². The first-order chi connectivity index (χ1) is 8.17. The Morgan fingerprint density at radius 3 is 3.06 bits per heavy atom. The van der Waals surface area contributed by atoms with Gasteiger partial charge in [-0.1, -0.05) is 13.3 Å². The highest BCUT2D eigenvalue weighted by molar-refractivity contribution is 7.14. The van der Waals surface area contributed by atoms with Crippen molar-refractivity contribution < 1.29 is 4.79 Å². The van der Waals surface area contributed by atoms with E-state index in [1.165, 1.54) is 11.3 Å². The molecule has 5 heteroatoms. The normalized spacial score (nSPS) is 10.2. The Balaban J connectivity index is 2.42. The van der Waals surface area contributed by atoms with Crippen LogP contribution in [-0.4, -0.2) is 30.9 Å². The SMILES string of the molecule is CCCCN(C)CC(=O)Nc1sccc1C#N. The van der Waals surface area contributed by atoms with Crippen molar-refractivity contribution in [2.75, 3.05) is 25.5 Å². The standard InChI is InChI=1S/C12H17N3OS/c1-3-4-6-15(2)9-11(16)14-12-10(8-13)5-7-17-12/h5,7H,3-4,6,9H2,1-2H3,(H,14,16). The van der Waals surface area contributed by atoms with E-state index in [2.05, 4.69) is 18.3 Å². The van der Waals surface area contributed by atoms with Crippen LogP contribution in [-0.2, 0) is 4.79 Å². The van der Waals surface area contributed by atoms with E-state index in [0.717, 1.165) is 19.4 Å². The van der Waals surface area contributed by atoms with Crippen LogP contribution in [0.5, 0.6) is 0 Å². The van der Waals surface area contributed by atoms with E-state index >= 15 is 0 Å². The van der Waals surface area contributed by atoms with E-state index in [1.54, 1.807) is 11.4 Å². The van der Waals surface area contributed by atoms with Crippen LogP contribution in [0.1, 0.15) is 25.3 Å². The molecule has 0 saturated heterocycles. The summed E-state index contributed by atoms with van der Waals surface area (Å²) in [6.07, 6.45) is 2.21. The zero-order valence-corrected chi connectivity index (χ0v) is 11.0. The van der Waals surface area contributed by atoms with Gasteiger partial charge in [-0.2, -0.15) is 5.26 Å². The lowest BCUT2D eigenvalue weighted by atomic mass is 10.3. The Bertz CT molecular complexity index is 408. The number of nitriles is 1. The van der Waals surface area contributed by atoms with Gasteiger partial charge < -0.3 is 5.32 Å². The van der Waals surface area contributed by atoms with E-state index < -0.39 is 0 Å². The lowest BCUT2D eigenvalue weighted by Gasteiger charge is -2.15. The minimum atomic E-state index is -0.0671. The fourth-order valence-corrected chi connectivity index (χ4v) is 2.17. The molecule has 1 heterocycles. The molecular weight excluding hydrogens is 234 g/mol. The molecule has 0 aliphatic carbocycles. The maximum atomic E-state index is 11.7. The maximum Gasteiger partial charge on any atom is 0.239 e. The number of thiophene rings is 1. The number of hydrogen-bond donors (Lipinski definition) is 1. The van der Waals surface area contributed by atoms with Crippen molar-refractivity contribution in [1.82, 2.24) is 4.90 Å². The molecule has 1 N–H and O–H groups in total. The summed E-state index contributed by atoms with van der Waals surface area (Å²) in [5.41, 5.74) is 0.527. The number of hydrogen-bond acceptors (Lipinski definition) is 4. The Kier molecular flexibility index (Phi) is 5.67. The Morgan fingerprint density at radius 2 is 2.41 bits per heavy atom. The Morgan fingerprint density at radius 1 is 1.65 bits per heavy atom. The molecule has 1 rings (SSSR count). The molecule has 0 radical (unpaired) electrons. The molecule has 0 spiro atoms. The Hall–Kier alpha value is -1.38. The van der Waals surface area contributed by atoms with Gasteiger partial charge in [0.2, 0.25) is 5.91 Å². The summed E-state index contributed by atoms with van der Waals surface area (Å²) in [4.78, 5) is 13.7. The summed E-state index contributed by atoms with van der Waals surface area (Å²) in [5.74, 6) is -0.0671. The molecule has 4 nitrogen and oxygen atoms in total. The quantitative estimate of drug-likeness (QED) is 0.844. The average Bonchev–Trinajstić information content (AvgIpc) is 2.73. The number of nitrogens with zero attached hydrogens (tertiary/aromatic N) is 2. The number of likely N-dealkylation sites (N-methyl/N-ethyl adjacent to an activating group) is 1. The van der Waals surface area contributed by atoms with Crippen LogP contribution in [0.4, 0.5) is 5.00 Å². The van der Waals surface area contributed by atoms with Gasteiger partial charge >= 0.3 is 0 Å². The van der Waals surface area contributed by atoms with E-state index in [4.69, 9.17) is 5.26 Å². The van der Waals surface area contributed by atoms with Gasteiger partial charge in [-0.25, -0.2) is 0 Å². The molecule has 1 amide bonds. The molecule has 0 aliphatic rings. The molecule has 1 aromatic rings. The number of carbonyl (C=O) groups is 1. The summed E-state index contributed by atoms with van der Waals surface area (Å²) < 4.78 is 0. The van der Waals surface area contributed by atoms with Crippen molar-refractivity contribution in [2.45, 2.75) is 19.8 Å². The molecule has 0 unspecified atom stereocenters. The van der Waals surface area contributed by atoms with Crippen molar-refractivity contribution >= 4 is 22.2 Å². The second-order valence-corrected chi connectivity index (χ2v) is 4.83. The number of amides is 1. The number of anilines is 1. The summed E-state index contributed by atoms with van der Waals surface area (Å²) >= 11 is 1.37. The van der Waals surface area contributed by atoms with E-state index in [-0.39, 0.29) is 5.91 Å². The lowest BCUT2D eigenvalue weighted by Crippen LogP contribution is -2.30. The van der Waals surface area contributed by atoms with Crippen molar-refractivity contribution in [3.63, 3.8) is 0 Å². The summed E-state index contributed by atoms with van der Waals surface area (Å²) in [6, 6.07) is 3.76. The van der Waals surface area contributed by atoms with Crippen LogP contribution in [0.25, 0.3) is 0 Å².